The van der Waals surface area contributed by atoms with E-state index < -0.39 is 16.7 Å². The number of sulfonamides is 1. The molecular formula is C21H16ClFN6O4S. The fourth-order valence-electron chi connectivity index (χ4n) is 2.90. The van der Waals surface area contributed by atoms with Crippen molar-refractivity contribution in [1.29, 1.82) is 0 Å². The number of nitrogens with one attached hydrogen (secondary N) is 2. The Morgan fingerprint density at radius 3 is 2.62 bits per heavy atom. The van der Waals surface area contributed by atoms with Gasteiger partial charge in [-0.05, 0) is 35.9 Å². The first-order valence-electron chi connectivity index (χ1n) is 9.67. The van der Waals surface area contributed by atoms with Crippen molar-refractivity contribution < 1.29 is 22.3 Å². The van der Waals surface area contributed by atoms with Gasteiger partial charge in [0.25, 0.3) is 21.9 Å². The van der Waals surface area contributed by atoms with E-state index in [0.717, 1.165) is 6.07 Å². The molecule has 13 heteroatoms. The molecule has 2 heterocycles. The van der Waals surface area contributed by atoms with Gasteiger partial charge in [-0.2, -0.15) is 0 Å². The van der Waals surface area contributed by atoms with Gasteiger partial charge in [-0.15, -0.1) is 10.2 Å². The maximum Gasteiger partial charge on any atom is 0.269 e. The molecule has 0 aliphatic rings. The largest absolute Gasteiger partial charge is 0.457 e. The number of aromatic nitrogens is 4. The Labute approximate surface area is 198 Å². The summed E-state index contributed by atoms with van der Waals surface area (Å²) < 4.78 is 46.5. The number of anilines is 1. The number of halogens is 2. The Kier molecular flexibility index (Phi) is 6.52. The first kappa shape index (κ1) is 23.3. The lowest BCUT2D eigenvalue weighted by molar-refractivity contribution is 0.0958. The average Bonchev–Trinajstić information content (AvgIpc) is 2.83. The summed E-state index contributed by atoms with van der Waals surface area (Å²) in [6.07, 6.45) is 1.43. The van der Waals surface area contributed by atoms with E-state index in [1.807, 2.05) is 0 Å². The van der Waals surface area contributed by atoms with Crippen molar-refractivity contribution in [3.8, 4) is 11.5 Å². The molecule has 0 aliphatic carbocycles. The molecule has 1 amide bonds. The zero-order valence-electron chi connectivity index (χ0n) is 17.5. The van der Waals surface area contributed by atoms with Crippen LogP contribution in [0.5, 0.6) is 11.5 Å². The number of ether oxygens (including phenoxy) is 1. The minimum absolute atomic E-state index is 0.0809. The van der Waals surface area contributed by atoms with Crippen molar-refractivity contribution in [2.75, 3.05) is 11.8 Å². The fraction of sp³-hybridized carbons (Fsp3) is 0.0952. The molecule has 0 aliphatic heterocycles. The molecule has 0 unspecified atom stereocenters. The summed E-state index contributed by atoms with van der Waals surface area (Å²) in [5.74, 6) is 0.0417. The number of pyridine rings is 1. The number of rotatable bonds is 7. The smallest absolute Gasteiger partial charge is 0.269 e. The molecule has 2 aromatic heterocycles. The van der Waals surface area contributed by atoms with Crippen molar-refractivity contribution >= 4 is 44.5 Å². The van der Waals surface area contributed by atoms with Crippen LogP contribution in [0.1, 0.15) is 16.1 Å². The van der Waals surface area contributed by atoms with Gasteiger partial charge in [-0.25, -0.2) is 22.5 Å². The van der Waals surface area contributed by atoms with Crippen molar-refractivity contribution in [3.05, 3.63) is 71.0 Å². The summed E-state index contributed by atoms with van der Waals surface area (Å²) in [5.41, 5.74) is 1.000. The number of carbonyl (C=O) groups excluding carboxylic acids is 1. The fourth-order valence-corrected chi connectivity index (χ4v) is 4.39. The van der Waals surface area contributed by atoms with Gasteiger partial charge in [0, 0.05) is 25.4 Å². The lowest BCUT2D eigenvalue weighted by atomic mass is 10.2. The van der Waals surface area contributed by atoms with Crippen LogP contribution in [0.4, 0.5) is 10.3 Å². The zero-order valence-corrected chi connectivity index (χ0v) is 19.1. The Morgan fingerprint density at radius 2 is 1.85 bits per heavy atom. The summed E-state index contributed by atoms with van der Waals surface area (Å²) in [6.45, 7) is -0.849. The van der Waals surface area contributed by atoms with Gasteiger partial charge in [0.1, 0.15) is 34.3 Å². The van der Waals surface area contributed by atoms with Gasteiger partial charge in [-0.3, -0.25) is 9.78 Å². The maximum atomic E-state index is 13.0. The third kappa shape index (κ3) is 5.02. The Morgan fingerprint density at radius 1 is 1.06 bits per heavy atom. The zero-order chi connectivity index (χ0) is 24.3. The van der Waals surface area contributed by atoms with E-state index in [1.165, 1.54) is 37.5 Å². The van der Waals surface area contributed by atoms with E-state index >= 15 is 0 Å². The molecule has 0 atom stereocenters. The molecule has 0 bridgehead atoms. The van der Waals surface area contributed by atoms with E-state index in [2.05, 4.69) is 30.2 Å². The Hall–Kier alpha value is -3.90. The van der Waals surface area contributed by atoms with Crippen molar-refractivity contribution in [3.63, 3.8) is 0 Å². The third-order valence-electron chi connectivity index (χ3n) is 4.52. The van der Waals surface area contributed by atoms with Crippen LogP contribution in [0.15, 0.2) is 59.6 Å². The molecule has 2 N–H and O–H groups in total. The molecule has 4 aromatic rings. The molecule has 0 saturated carbocycles. The topological polar surface area (TPSA) is 136 Å². The number of benzene rings is 2. The molecule has 0 saturated heterocycles. The standard InChI is InChI=1S/C21H16ClFN6O4S/c1-24-20(30)18-10-14(6-7-25-18)33-13-3-5-16-17(9-13)26-21(28-27-16)29-34(31,32)19-8-12(11-23)2-4-15(19)22/h2-10H,11H2,1H3,(H,24,30)(H,26,28,29). The number of carbonyl (C=O) groups is 1. The van der Waals surface area contributed by atoms with Crippen LogP contribution in [0.2, 0.25) is 5.02 Å². The molecule has 0 spiro atoms. The predicted molar refractivity (Wildman–Crippen MR) is 122 cm³/mol. The number of hydrogen-bond acceptors (Lipinski definition) is 8. The predicted octanol–water partition coefficient (Wildman–Crippen LogP) is 3.50. The van der Waals surface area contributed by atoms with E-state index in [4.69, 9.17) is 16.3 Å². The number of alkyl halides is 1. The number of nitrogens with zero attached hydrogens (tertiary/aromatic N) is 4. The summed E-state index contributed by atoms with van der Waals surface area (Å²) >= 11 is 5.99. The summed E-state index contributed by atoms with van der Waals surface area (Å²) in [5, 5.41) is 10.1. The molecule has 174 valence electrons. The molecular weight excluding hydrogens is 487 g/mol. The Balaban J connectivity index is 1.61. The molecule has 0 fully saturated rings. The second-order valence-corrected chi connectivity index (χ2v) is 8.91. The molecule has 34 heavy (non-hydrogen) atoms. The number of amides is 1. The molecule has 2 aromatic carbocycles. The van der Waals surface area contributed by atoms with Gasteiger partial charge < -0.3 is 10.1 Å². The van der Waals surface area contributed by atoms with E-state index in [-0.39, 0.29) is 38.5 Å². The van der Waals surface area contributed by atoms with E-state index in [1.54, 1.807) is 18.2 Å². The number of hydrogen-bond donors (Lipinski definition) is 2. The van der Waals surface area contributed by atoms with Crippen molar-refractivity contribution in [1.82, 2.24) is 25.5 Å². The van der Waals surface area contributed by atoms with Gasteiger partial charge in [-0.1, -0.05) is 17.7 Å². The maximum absolute atomic E-state index is 13.0. The highest BCUT2D eigenvalue weighted by molar-refractivity contribution is 7.92. The number of fused-ring (bicyclic) bond motifs is 1. The second-order valence-electron chi connectivity index (χ2n) is 6.85. The van der Waals surface area contributed by atoms with Crippen LogP contribution < -0.4 is 14.8 Å². The quantitative estimate of drug-likeness (QED) is 0.392. The van der Waals surface area contributed by atoms with Gasteiger partial charge in [0.15, 0.2) is 0 Å². The molecule has 4 rings (SSSR count). The highest BCUT2D eigenvalue weighted by Gasteiger charge is 2.20. The SMILES string of the molecule is CNC(=O)c1cc(Oc2ccc3nnc(NS(=O)(=O)c4cc(CF)ccc4Cl)nc3c2)ccn1. The van der Waals surface area contributed by atoms with Gasteiger partial charge in [0.2, 0.25) is 0 Å². The average molecular weight is 503 g/mol. The lowest BCUT2D eigenvalue weighted by Gasteiger charge is -2.10. The van der Waals surface area contributed by atoms with Crippen molar-refractivity contribution in [2.45, 2.75) is 11.6 Å². The minimum atomic E-state index is -4.21. The summed E-state index contributed by atoms with van der Waals surface area (Å²) in [4.78, 5) is 19.6. The second kappa shape index (κ2) is 9.53. The van der Waals surface area contributed by atoms with Gasteiger partial charge >= 0.3 is 0 Å². The van der Waals surface area contributed by atoms with E-state index in [0.29, 0.717) is 17.0 Å². The Bertz CT molecular complexity index is 1500. The lowest BCUT2D eigenvalue weighted by Crippen LogP contribution is -2.18. The van der Waals surface area contributed by atoms with Crippen molar-refractivity contribution in [2.24, 2.45) is 0 Å². The first-order chi connectivity index (χ1) is 16.3. The van der Waals surface area contributed by atoms with Crippen LogP contribution >= 0.6 is 11.6 Å². The van der Waals surface area contributed by atoms with Crippen LogP contribution in [-0.2, 0) is 16.7 Å². The van der Waals surface area contributed by atoms with E-state index in [9.17, 15) is 17.6 Å². The first-order valence-corrected chi connectivity index (χ1v) is 11.5. The third-order valence-corrected chi connectivity index (χ3v) is 6.33. The summed E-state index contributed by atoms with van der Waals surface area (Å²) in [7, 11) is -2.72. The highest BCUT2D eigenvalue weighted by atomic mass is 35.5. The summed E-state index contributed by atoms with van der Waals surface area (Å²) in [6, 6.07) is 11.6. The molecule has 0 radical (unpaired) electrons. The van der Waals surface area contributed by atoms with Crippen LogP contribution in [0.25, 0.3) is 11.0 Å². The normalized spacial score (nSPS) is 11.3. The molecule has 10 nitrogen and oxygen atoms in total. The van der Waals surface area contributed by atoms with Crippen LogP contribution in [0, 0.1) is 0 Å². The highest BCUT2D eigenvalue weighted by Crippen LogP contribution is 2.27. The van der Waals surface area contributed by atoms with Crippen LogP contribution in [-0.4, -0.2) is 41.5 Å². The monoisotopic (exact) mass is 502 g/mol. The minimum Gasteiger partial charge on any atom is -0.457 e. The van der Waals surface area contributed by atoms with Crippen LogP contribution in [0.3, 0.4) is 0 Å². The van der Waals surface area contributed by atoms with Gasteiger partial charge in [0.05, 0.1) is 10.5 Å².